The highest BCUT2D eigenvalue weighted by atomic mass is 16.2. The van der Waals surface area contributed by atoms with Crippen LogP contribution in [-0.2, 0) is 17.6 Å². The van der Waals surface area contributed by atoms with Crippen LogP contribution in [0.5, 0.6) is 0 Å². The number of nitrogens with zero attached hydrogens (tertiary/aromatic N) is 3. The molecule has 0 saturated heterocycles. The molecule has 0 fully saturated rings. The van der Waals surface area contributed by atoms with Crippen molar-refractivity contribution in [3.63, 3.8) is 0 Å². The van der Waals surface area contributed by atoms with Crippen LogP contribution in [0.4, 0.5) is 5.82 Å². The molecule has 126 valence electrons. The van der Waals surface area contributed by atoms with Crippen LogP contribution in [0.25, 0.3) is 11.5 Å². The number of carbonyl (C=O) groups is 1. The summed E-state index contributed by atoms with van der Waals surface area (Å²) in [5.74, 6) is 1.31. The summed E-state index contributed by atoms with van der Waals surface area (Å²) < 4.78 is 0. The first-order valence-electron chi connectivity index (χ1n) is 8.28. The van der Waals surface area contributed by atoms with Crippen molar-refractivity contribution in [2.24, 2.45) is 0 Å². The Hall–Kier alpha value is -2.50. The second kappa shape index (κ2) is 6.55. The number of anilines is 1. The van der Waals surface area contributed by atoms with Crippen LogP contribution in [0.1, 0.15) is 38.4 Å². The van der Waals surface area contributed by atoms with Crippen LogP contribution in [0.15, 0.2) is 24.4 Å². The van der Waals surface area contributed by atoms with Crippen molar-refractivity contribution in [3.05, 3.63) is 35.7 Å². The Kier molecular flexibility index (Phi) is 4.46. The van der Waals surface area contributed by atoms with Gasteiger partial charge in [-0.25, -0.2) is 9.97 Å². The number of aryl methyl sites for hydroxylation is 1. The van der Waals surface area contributed by atoms with Crippen molar-refractivity contribution in [1.29, 1.82) is 0 Å². The molecule has 2 N–H and O–H groups in total. The van der Waals surface area contributed by atoms with E-state index in [1.165, 1.54) is 0 Å². The number of carbonyl (C=O) groups excluding carboxylic acids is 1. The van der Waals surface area contributed by atoms with E-state index < -0.39 is 0 Å². The first-order chi connectivity index (χ1) is 11.4. The summed E-state index contributed by atoms with van der Waals surface area (Å²) >= 11 is 0. The van der Waals surface area contributed by atoms with Gasteiger partial charge in [0.05, 0.1) is 6.54 Å². The van der Waals surface area contributed by atoms with E-state index in [2.05, 4.69) is 25.6 Å². The average Bonchev–Trinajstić information content (AvgIpc) is 3.00. The fraction of sp³-hybridized carbons (Fsp3) is 0.444. The molecular formula is C18H23N5O. The van der Waals surface area contributed by atoms with Crippen molar-refractivity contribution >= 4 is 11.7 Å². The fourth-order valence-corrected chi connectivity index (χ4v) is 2.81. The van der Waals surface area contributed by atoms with Gasteiger partial charge in [-0.15, -0.1) is 0 Å². The van der Waals surface area contributed by atoms with Crippen LogP contribution >= 0.6 is 0 Å². The standard InChI is InChI=1S/C18H23N5O/c1-18(2,3)23-15(24)11-20-16-12-7-6-9-13(12)21-17(22-16)14-8-4-5-10-19-14/h4-5,8,10H,6-7,9,11H2,1-3H3,(H,23,24)(H,20,21,22). The summed E-state index contributed by atoms with van der Waals surface area (Å²) in [6, 6.07) is 5.68. The smallest absolute Gasteiger partial charge is 0.239 e. The molecule has 0 radical (unpaired) electrons. The maximum absolute atomic E-state index is 12.1. The van der Waals surface area contributed by atoms with E-state index in [0.29, 0.717) is 5.82 Å². The number of nitrogens with one attached hydrogen (secondary N) is 2. The highest BCUT2D eigenvalue weighted by Gasteiger charge is 2.21. The molecule has 0 spiro atoms. The normalized spacial score (nSPS) is 13.5. The molecule has 0 aliphatic heterocycles. The van der Waals surface area contributed by atoms with E-state index in [1.54, 1.807) is 6.20 Å². The molecule has 2 aromatic rings. The number of rotatable bonds is 4. The lowest BCUT2D eigenvalue weighted by molar-refractivity contribution is -0.120. The van der Waals surface area contributed by atoms with Crippen LogP contribution in [0, 0.1) is 0 Å². The predicted octanol–water partition coefficient (Wildman–Crippen LogP) is 2.35. The molecular weight excluding hydrogens is 302 g/mol. The monoisotopic (exact) mass is 325 g/mol. The van der Waals surface area contributed by atoms with Gasteiger partial charge in [-0.2, -0.15) is 0 Å². The van der Waals surface area contributed by atoms with Gasteiger partial charge < -0.3 is 10.6 Å². The van der Waals surface area contributed by atoms with Crippen molar-refractivity contribution in [2.45, 2.75) is 45.6 Å². The Labute approximate surface area is 142 Å². The van der Waals surface area contributed by atoms with Gasteiger partial charge in [0.15, 0.2) is 5.82 Å². The minimum Gasteiger partial charge on any atom is -0.361 e. The molecule has 1 amide bonds. The van der Waals surface area contributed by atoms with Crippen molar-refractivity contribution in [3.8, 4) is 11.5 Å². The largest absolute Gasteiger partial charge is 0.361 e. The second-order valence-electron chi connectivity index (χ2n) is 7.04. The minimum atomic E-state index is -0.245. The molecule has 1 aliphatic carbocycles. The lowest BCUT2D eigenvalue weighted by Crippen LogP contribution is -2.43. The summed E-state index contributed by atoms with van der Waals surface area (Å²) in [6.07, 6.45) is 4.69. The Balaban J connectivity index is 1.82. The van der Waals surface area contributed by atoms with E-state index in [9.17, 15) is 4.79 Å². The quantitative estimate of drug-likeness (QED) is 0.902. The Morgan fingerprint density at radius 3 is 2.75 bits per heavy atom. The third-order valence-corrected chi connectivity index (χ3v) is 3.76. The van der Waals surface area contributed by atoms with E-state index in [4.69, 9.17) is 0 Å². The second-order valence-corrected chi connectivity index (χ2v) is 7.04. The van der Waals surface area contributed by atoms with E-state index >= 15 is 0 Å². The van der Waals surface area contributed by atoms with E-state index in [1.807, 2.05) is 39.0 Å². The van der Waals surface area contributed by atoms with Crippen LogP contribution in [-0.4, -0.2) is 32.9 Å². The number of pyridine rings is 1. The predicted molar refractivity (Wildman–Crippen MR) is 93.7 cm³/mol. The van der Waals surface area contributed by atoms with Gasteiger partial charge in [-0.05, 0) is 52.2 Å². The molecule has 0 saturated carbocycles. The lowest BCUT2D eigenvalue weighted by Gasteiger charge is -2.21. The number of hydrogen-bond donors (Lipinski definition) is 2. The third kappa shape index (κ3) is 3.88. The number of amides is 1. The molecule has 6 heteroatoms. The van der Waals surface area contributed by atoms with Gasteiger partial charge in [0.1, 0.15) is 11.5 Å². The fourth-order valence-electron chi connectivity index (χ4n) is 2.81. The van der Waals surface area contributed by atoms with Gasteiger partial charge in [-0.3, -0.25) is 9.78 Å². The molecule has 0 unspecified atom stereocenters. The summed E-state index contributed by atoms with van der Waals surface area (Å²) in [5, 5.41) is 6.13. The SMILES string of the molecule is CC(C)(C)NC(=O)CNc1nc(-c2ccccn2)nc2c1CCC2. The maximum Gasteiger partial charge on any atom is 0.239 e. The van der Waals surface area contributed by atoms with Gasteiger partial charge in [-0.1, -0.05) is 6.07 Å². The highest BCUT2D eigenvalue weighted by Crippen LogP contribution is 2.28. The molecule has 3 rings (SSSR count). The number of aromatic nitrogens is 3. The topological polar surface area (TPSA) is 79.8 Å². The summed E-state index contributed by atoms with van der Waals surface area (Å²) in [4.78, 5) is 25.7. The maximum atomic E-state index is 12.1. The minimum absolute atomic E-state index is 0.0488. The van der Waals surface area contributed by atoms with Gasteiger partial charge in [0.2, 0.25) is 5.91 Å². The Morgan fingerprint density at radius 1 is 1.21 bits per heavy atom. The Morgan fingerprint density at radius 2 is 2.04 bits per heavy atom. The van der Waals surface area contributed by atoms with Gasteiger partial charge in [0, 0.05) is 23.0 Å². The first kappa shape index (κ1) is 16.4. The molecule has 2 heterocycles. The highest BCUT2D eigenvalue weighted by molar-refractivity contribution is 5.81. The molecule has 0 atom stereocenters. The van der Waals surface area contributed by atoms with E-state index in [-0.39, 0.29) is 18.0 Å². The van der Waals surface area contributed by atoms with Crippen molar-refractivity contribution < 1.29 is 4.79 Å². The molecule has 0 bridgehead atoms. The molecule has 2 aromatic heterocycles. The number of hydrogen-bond acceptors (Lipinski definition) is 5. The number of fused-ring (bicyclic) bond motifs is 1. The van der Waals surface area contributed by atoms with Crippen LogP contribution in [0.3, 0.4) is 0 Å². The molecule has 6 nitrogen and oxygen atoms in total. The zero-order valence-electron chi connectivity index (χ0n) is 14.4. The zero-order chi connectivity index (χ0) is 17.2. The Bertz CT molecular complexity index is 737. The summed E-state index contributed by atoms with van der Waals surface area (Å²) in [5.41, 5.74) is 2.68. The average molecular weight is 325 g/mol. The van der Waals surface area contributed by atoms with Gasteiger partial charge >= 0.3 is 0 Å². The summed E-state index contributed by atoms with van der Waals surface area (Å²) in [6.45, 7) is 6.09. The van der Waals surface area contributed by atoms with Crippen LogP contribution < -0.4 is 10.6 Å². The first-order valence-corrected chi connectivity index (χ1v) is 8.28. The molecule has 1 aliphatic rings. The molecule has 24 heavy (non-hydrogen) atoms. The van der Waals surface area contributed by atoms with Crippen LogP contribution in [0.2, 0.25) is 0 Å². The van der Waals surface area contributed by atoms with E-state index in [0.717, 1.165) is 42.0 Å². The zero-order valence-corrected chi connectivity index (χ0v) is 14.4. The van der Waals surface area contributed by atoms with Gasteiger partial charge in [0.25, 0.3) is 0 Å². The third-order valence-electron chi connectivity index (χ3n) is 3.76. The summed E-state index contributed by atoms with van der Waals surface area (Å²) in [7, 11) is 0. The van der Waals surface area contributed by atoms with Crippen molar-refractivity contribution in [1.82, 2.24) is 20.3 Å². The molecule has 0 aromatic carbocycles. The van der Waals surface area contributed by atoms with Crippen molar-refractivity contribution in [2.75, 3.05) is 11.9 Å². The lowest BCUT2D eigenvalue weighted by atomic mass is 10.1.